The molecular formula is C14H17BrN2O3. The van der Waals surface area contributed by atoms with Gasteiger partial charge in [-0.1, -0.05) is 12.5 Å². The van der Waals surface area contributed by atoms with Gasteiger partial charge in [0.25, 0.3) is 0 Å². The lowest BCUT2D eigenvalue weighted by Crippen LogP contribution is -2.42. The number of carbonyl (C=O) groups is 2. The Morgan fingerprint density at radius 2 is 2.10 bits per heavy atom. The minimum absolute atomic E-state index is 0.295. The van der Waals surface area contributed by atoms with Gasteiger partial charge in [-0.3, -0.25) is 4.79 Å². The summed E-state index contributed by atoms with van der Waals surface area (Å²) in [6.07, 6.45) is 2.16. The van der Waals surface area contributed by atoms with E-state index < -0.39 is 11.9 Å². The molecule has 0 heterocycles. The van der Waals surface area contributed by atoms with Gasteiger partial charge in [-0.05, 0) is 53.4 Å². The summed E-state index contributed by atoms with van der Waals surface area (Å²) >= 11 is 3.37. The highest BCUT2D eigenvalue weighted by molar-refractivity contribution is 9.10. The molecule has 0 radical (unpaired) electrons. The van der Waals surface area contributed by atoms with Gasteiger partial charge in [0.1, 0.15) is 0 Å². The monoisotopic (exact) mass is 340 g/mol. The third-order valence-corrected chi connectivity index (χ3v) is 4.21. The second-order valence-corrected chi connectivity index (χ2v) is 5.92. The third-order valence-electron chi connectivity index (χ3n) is 3.52. The average Bonchev–Trinajstić information content (AvgIpc) is 2.82. The van der Waals surface area contributed by atoms with Crippen molar-refractivity contribution in [1.82, 2.24) is 5.32 Å². The Labute approximate surface area is 125 Å². The van der Waals surface area contributed by atoms with Gasteiger partial charge in [-0.15, -0.1) is 0 Å². The van der Waals surface area contributed by atoms with Gasteiger partial charge in [-0.25, -0.2) is 4.79 Å². The molecule has 0 bridgehead atoms. The van der Waals surface area contributed by atoms with Gasteiger partial charge in [0, 0.05) is 10.5 Å². The number of carboxylic acids is 1. The zero-order valence-electron chi connectivity index (χ0n) is 11.1. The fraction of sp³-hybridized carbons (Fsp3) is 0.429. The Kier molecular flexibility index (Phi) is 4.65. The molecular weight excluding hydrogens is 324 g/mol. The number of carboxylic acid groups (broad SMARTS) is 1. The highest BCUT2D eigenvalue weighted by atomic mass is 79.9. The van der Waals surface area contributed by atoms with Gasteiger partial charge in [0.15, 0.2) is 0 Å². The van der Waals surface area contributed by atoms with E-state index in [2.05, 4.69) is 26.6 Å². The lowest BCUT2D eigenvalue weighted by molar-refractivity contribution is -0.142. The highest BCUT2D eigenvalue weighted by Gasteiger charge is 2.33. The summed E-state index contributed by atoms with van der Waals surface area (Å²) in [7, 11) is 0. The molecule has 1 aromatic carbocycles. The Balaban J connectivity index is 1.99. The molecule has 2 atom stereocenters. The van der Waals surface area contributed by atoms with Crippen molar-refractivity contribution in [1.29, 1.82) is 0 Å². The third kappa shape index (κ3) is 3.50. The van der Waals surface area contributed by atoms with Crippen molar-refractivity contribution in [2.24, 2.45) is 5.92 Å². The first-order valence-electron chi connectivity index (χ1n) is 6.54. The molecule has 20 heavy (non-hydrogen) atoms. The van der Waals surface area contributed by atoms with Gasteiger partial charge in [-0.2, -0.15) is 0 Å². The Morgan fingerprint density at radius 1 is 1.35 bits per heavy atom. The van der Waals surface area contributed by atoms with Crippen LogP contribution in [0.2, 0.25) is 0 Å². The van der Waals surface area contributed by atoms with E-state index in [0.717, 1.165) is 16.5 Å². The number of aryl methyl sites for hydroxylation is 1. The number of anilines is 1. The van der Waals surface area contributed by atoms with Crippen molar-refractivity contribution >= 4 is 33.6 Å². The summed E-state index contributed by atoms with van der Waals surface area (Å²) < 4.78 is 0.791. The lowest BCUT2D eigenvalue weighted by atomic mass is 10.0. The fourth-order valence-electron chi connectivity index (χ4n) is 2.49. The molecule has 1 saturated carbocycles. The number of urea groups is 1. The fourth-order valence-corrected chi connectivity index (χ4v) is 2.84. The number of hydrogen-bond donors (Lipinski definition) is 3. The molecule has 1 aliphatic carbocycles. The van der Waals surface area contributed by atoms with Crippen LogP contribution in [0.1, 0.15) is 24.8 Å². The topological polar surface area (TPSA) is 78.4 Å². The summed E-state index contributed by atoms with van der Waals surface area (Å²) in [5.74, 6) is -1.33. The molecule has 6 heteroatoms. The van der Waals surface area contributed by atoms with Crippen LogP contribution in [0.15, 0.2) is 22.7 Å². The molecule has 3 N–H and O–H groups in total. The molecule has 0 aromatic heterocycles. The molecule has 1 fully saturated rings. The zero-order valence-corrected chi connectivity index (χ0v) is 12.7. The summed E-state index contributed by atoms with van der Waals surface area (Å²) in [5, 5.41) is 14.6. The summed E-state index contributed by atoms with van der Waals surface area (Å²) in [5.41, 5.74) is 1.71. The predicted molar refractivity (Wildman–Crippen MR) is 79.8 cm³/mol. The predicted octanol–water partition coefficient (Wildman–Crippen LogP) is 3.13. The van der Waals surface area contributed by atoms with E-state index in [0.29, 0.717) is 18.5 Å². The van der Waals surface area contributed by atoms with Crippen molar-refractivity contribution in [3.05, 3.63) is 28.2 Å². The number of benzene rings is 1. The first-order chi connectivity index (χ1) is 9.47. The molecule has 0 aliphatic heterocycles. The zero-order chi connectivity index (χ0) is 14.7. The normalized spacial score (nSPS) is 21.5. The highest BCUT2D eigenvalue weighted by Crippen LogP contribution is 2.27. The van der Waals surface area contributed by atoms with E-state index in [1.807, 2.05) is 25.1 Å². The molecule has 2 amide bonds. The van der Waals surface area contributed by atoms with Crippen LogP contribution in [-0.2, 0) is 4.79 Å². The summed E-state index contributed by atoms with van der Waals surface area (Å²) in [6.45, 7) is 1.94. The number of rotatable bonds is 3. The van der Waals surface area contributed by atoms with E-state index >= 15 is 0 Å². The maximum Gasteiger partial charge on any atom is 0.319 e. The van der Waals surface area contributed by atoms with E-state index in [4.69, 9.17) is 5.11 Å². The van der Waals surface area contributed by atoms with Gasteiger partial charge >= 0.3 is 12.0 Å². The van der Waals surface area contributed by atoms with E-state index in [1.54, 1.807) is 0 Å². The largest absolute Gasteiger partial charge is 0.481 e. The molecule has 108 valence electrons. The second-order valence-electron chi connectivity index (χ2n) is 5.06. The lowest BCUT2D eigenvalue weighted by Gasteiger charge is -2.18. The molecule has 5 nitrogen and oxygen atoms in total. The van der Waals surface area contributed by atoms with Gasteiger partial charge < -0.3 is 15.7 Å². The molecule has 1 aliphatic rings. The van der Waals surface area contributed by atoms with Crippen LogP contribution in [0.4, 0.5) is 10.5 Å². The van der Waals surface area contributed by atoms with E-state index in [-0.39, 0.29) is 12.1 Å². The van der Waals surface area contributed by atoms with Crippen LogP contribution in [-0.4, -0.2) is 23.1 Å². The minimum Gasteiger partial charge on any atom is -0.481 e. The van der Waals surface area contributed by atoms with Crippen molar-refractivity contribution in [3.8, 4) is 0 Å². The molecule has 0 saturated heterocycles. The quantitative estimate of drug-likeness (QED) is 0.790. The van der Waals surface area contributed by atoms with Gasteiger partial charge in [0.2, 0.25) is 0 Å². The second kappa shape index (κ2) is 6.26. The SMILES string of the molecule is Cc1ccc(Br)c(NC(=O)NC2CCCC2C(=O)O)c1. The van der Waals surface area contributed by atoms with Gasteiger partial charge in [0.05, 0.1) is 11.6 Å². The number of aliphatic carboxylic acids is 1. The molecule has 0 spiro atoms. The van der Waals surface area contributed by atoms with Crippen LogP contribution in [0.3, 0.4) is 0 Å². The number of halogens is 1. The standard InChI is InChI=1S/C14H17BrN2O3/c1-8-5-6-10(15)12(7-8)17-14(20)16-11-4-2-3-9(11)13(18)19/h5-7,9,11H,2-4H2,1H3,(H,18,19)(H2,16,17,20). The molecule has 1 aromatic rings. The van der Waals surface area contributed by atoms with Crippen LogP contribution in [0.5, 0.6) is 0 Å². The summed E-state index contributed by atoms with van der Waals surface area (Å²) in [6, 6.07) is 4.99. The number of nitrogens with one attached hydrogen (secondary N) is 2. The first-order valence-corrected chi connectivity index (χ1v) is 7.33. The minimum atomic E-state index is -0.843. The van der Waals surface area contributed by atoms with Crippen LogP contribution in [0, 0.1) is 12.8 Å². The van der Waals surface area contributed by atoms with E-state index in [9.17, 15) is 9.59 Å². The Bertz CT molecular complexity index is 533. The molecule has 2 rings (SSSR count). The van der Waals surface area contributed by atoms with E-state index in [1.165, 1.54) is 0 Å². The summed E-state index contributed by atoms with van der Waals surface area (Å²) in [4.78, 5) is 23.0. The average molecular weight is 341 g/mol. The Hall–Kier alpha value is -1.56. The van der Waals surface area contributed by atoms with Crippen LogP contribution >= 0.6 is 15.9 Å². The number of carbonyl (C=O) groups excluding carboxylic acids is 1. The van der Waals surface area contributed by atoms with Crippen LogP contribution < -0.4 is 10.6 Å². The van der Waals surface area contributed by atoms with Crippen molar-refractivity contribution in [2.75, 3.05) is 5.32 Å². The number of hydrogen-bond acceptors (Lipinski definition) is 2. The molecule has 2 unspecified atom stereocenters. The Morgan fingerprint density at radius 3 is 2.80 bits per heavy atom. The van der Waals surface area contributed by atoms with Crippen molar-refractivity contribution < 1.29 is 14.7 Å². The number of amides is 2. The van der Waals surface area contributed by atoms with Crippen LogP contribution in [0.25, 0.3) is 0 Å². The van der Waals surface area contributed by atoms with Crippen molar-refractivity contribution in [2.45, 2.75) is 32.2 Å². The smallest absolute Gasteiger partial charge is 0.319 e. The van der Waals surface area contributed by atoms with Crippen molar-refractivity contribution in [3.63, 3.8) is 0 Å². The maximum atomic E-state index is 12.0. The first kappa shape index (κ1) is 14.8. The maximum absolute atomic E-state index is 12.0.